The van der Waals surface area contributed by atoms with Gasteiger partial charge in [-0.2, -0.15) is 5.26 Å². The van der Waals surface area contributed by atoms with Crippen molar-refractivity contribution in [3.63, 3.8) is 0 Å². The molecule has 5 aliphatic rings. The molecular weight excluding hydrogens is 494 g/mol. The Hall–Kier alpha value is -4.12. The van der Waals surface area contributed by atoms with Crippen molar-refractivity contribution in [3.05, 3.63) is 59.2 Å². The minimum atomic E-state index is -0.764. The van der Waals surface area contributed by atoms with Crippen LogP contribution in [-0.4, -0.2) is 31.1 Å². The number of ether oxygens (including phenoxy) is 2. The van der Waals surface area contributed by atoms with Gasteiger partial charge < -0.3 is 9.47 Å². The predicted octanol–water partition coefficient (Wildman–Crippen LogP) is 5.12. The van der Waals surface area contributed by atoms with Crippen molar-refractivity contribution in [2.75, 3.05) is 18.1 Å². The third kappa shape index (κ3) is 4.56. The standard InChI is InChI=1S/C31H31N3O5/c1-2-38-27-15-19(3-8-26(27)39-10-9-32)14-25-28(35)33-30(37)34(29(25)36)24-6-4-23(5-7-24)31-16-20-11-21(17-31)13-22(12-20)18-31/h3-8,14-15,20-22H,2,10-13,16-18H2,1H3,(H,33,35,37)/b25-14+. The Bertz CT molecular complexity index is 1370. The van der Waals surface area contributed by atoms with Crippen molar-refractivity contribution < 1.29 is 23.9 Å². The smallest absolute Gasteiger partial charge is 0.335 e. The van der Waals surface area contributed by atoms with Crippen LogP contribution in [0.25, 0.3) is 6.08 Å². The van der Waals surface area contributed by atoms with Gasteiger partial charge in [0.05, 0.1) is 12.3 Å². The van der Waals surface area contributed by atoms with Crippen molar-refractivity contribution >= 4 is 29.6 Å². The first-order valence-electron chi connectivity index (χ1n) is 13.7. The first kappa shape index (κ1) is 25.2. The van der Waals surface area contributed by atoms with E-state index in [-0.39, 0.29) is 17.6 Å². The van der Waals surface area contributed by atoms with E-state index >= 15 is 0 Å². The van der Waals surface area contributed by atoms with Crippen LogP contribution in [0.3, 0.4) is 0 Å². The van der Waals surface area contributed by atoms with Crippen molar-refractivity contribution in [1.29, 1.82) is 5.26 Å². The Morgan fingerprint density at radius 3 is 2.26 bits per heavy atom. The summed E-state index contributed by atoms with van der Waals surface area (Å²) in [6.45, 7) is 2.04. The summed E-state index contributed by atoms with van der Waals surface area (Å²) >= 11 is 0. The molecule has 7 rings (SSSR count). The van der Waals surface area contributed by atoms with E-state index in [1.54, 1.807) is 18.2 Å². The lowest BCUT2D eigenvalue weighted by Crippen LogP contribution is -2.54. The first-order valence-corrected chi connectivity index (χ1v) is 13.7. The van der Waals surface area contributed by atoms with E-state index in [9.17, 15) is 14.4 Å². The number of barbiturate groups is 1. The topological polar surface area (TPSA) is 109 Å². The Morgan fingerprint density at radius 2 is 1.64 bits per heavy atom. The summed E-state index contributed by atoms with van der Waals surface area (Å²) in [5, 5.41) is 11.1. The maximum absolute atomic E-state index is 13.5. The van der Waals surface area contributed by atoms with Gasteiger partial charge in [-0.25, -0.2) is 9.69 Å². The van der Waals surface area contributed by atoms with Gasteiger partial charge in [0, 0.05) is 0 Å². The second-order valence-corrected chi connectivity index (χ2v) is 11.3. The van der Waals surface area contributed by atoms with Gasteiger partial charge >= 0.3 is 6.03 Å². The van der Waals surface area contributed by atoms with Crippen molar-refractivity contribution in [2.24, 2.45) is 17.8 Å². The maximum Gasteiger partial charge on any atom is 0.335 e. The van der Waals surface area contributed by atoms with Crippen LogP contribution < -0.4 is 19.7 Å². The average molecular weight is 526 g/mol. The fraction of sp³-hybridized carbons (Fsp3) is 0.419. The van der Waals surface area contributed by atoms with Gasteiger partial charge in [0.2, 0.25) is 0 Å². The largest absolute Gasteiger partial charge is 0.490 e. The quantitative estimate of drug-likeness (QED) is 0.397. The molecule has 4 bridgehead atoms. The zero-order chi connectivity index (χ0) is 27.1. The van der Waals surface area contributed by atoms with Crippen LogP contribution >= 0.6 is 0 Å². The second kappa shape index (κ2) is 9.88. The molecule has 5 fully saturated rings. The van der Waals surface area contributed by atoms with Crippen LogP contribution in [0.4, 0.5) is 10.5 Å². The zero-order valence-electron chi connectivity index (χ0n) is 21.9. The molecule has 0 spiro atoms. The fourth-order valence-corrected chi connectivity index (χ4v) is 7.60. The summed E-state index contributed by atoms with van der Waals surface area (Å²) in [5.41, 5.74) is 2.30. The Kier molecular flexibility index (Phi) is 6.38. The third-order valence-corrected chi connectivity index (χ3v) is 8.75. The minimum Gasteiger partial charge on any atom is -0.490 e. The Labute approximate surface area is 227 Å². The molecule has 0 aromatic heterocycles. The molecule has 1 N–H and O–H groups in total. The van der Waals surface area contributed by atoms with Gasteiger partial charge in [-0.1, -0.05) is 18.2 Å². The molecule has 4 amide bonds. The molecule has 1 aliphatic heterocycles. The lowest BCUT2D eigenvalue weighted by atomic mass is 9.48. The number of carbonyl (C=O) groups is 3. The zero-order valence-corrected chi connectivity index (χ0v) is 21.9. The van der Waals surface area contributed by atoms with Crippen LogP contribution in [0.1, 0.15) is 56.6 Å². The molecule has 1 heterocycles. The summed E-state index contributed by atoms with van der Waals surface area (Å²) in [6.07, 6.45) is 9.21. The Balaban J connectivity index is 1.26. The highest BCUT2D eigenvalue weighted by Crippen LogP contribution is 2.60. The molecule has 1 saturated heterocycles. The molecule has 4 saturated carbocycles. The van der Waals surface area contributed by atoms with Gasteiger partial charge in [0.1, 0.15) is 11.6 Å². The molecule has 200 valence electrons. The van der Waals surface area contributed by atoms with E-state index in [0.717, 1.165) is 22.7 Å². The van der Waals surface area contributed by atoms with Gasteiger partial charge in [-0.3, -0.25) is 14.9 Å². The number of amides is 4. The summed E-state index contributed by atoms with van der Waals surface area (Å²) in [5.74, 6) is 1.79. The van der Waals surface area contributed by atoms with Crippen LogP contribution in [0.2, 0.25) is 0 Å². The minimum absolute atomic E-state index is 0.139. The highest BCUT2D eigenvalue weighted by Gasteiger charge is 2.51. The van der Waals surface area contributed by atoms with Gasteiger partial charge in [0.15, 0.2) is 18.1 Å². The van der Waals surface area contributed by atoms with Crippen LogP contribution in [0.5, 0.6) is 11.5 Å². The molecular formula is C31H31N3O5. The van der Waals surface area contributed by atoms with Gasteiger partial charge in [-0.15, -0.1) is 0 Å². The van der Waals surface area contributed by atoms with E-state index in [4.69, 9.17) is 14.7 Å². The molecule has 0 radical (unpaired) electrons. The average Bonchev–Trinajstić information content (AvgIpc) is 2.90. The van der Waals surface area contributed by atoms with E-state index in [1.165, 1.54) is 50.2 Å². The monoisotopic (exact) mass is 525 g/mol. The molecule has 0 unspecified atom stereocenters. The third-order valence-electron chi connectivity index (χ3n) is 8.75. The normalized spacial score (nSPS) is 28.4. The number of imide groups is 2. The van der Waals surface area contributed by atoms with Crippen LogP contribution in [-0.2, 0) is 15.0 Å². The number of nitriles is 1. The summed E-state index contributed by atoms with van der Waals surface area (Å²) in [4.78, 5) is 40.0. The van der Waals surface area contributed by atoms with Crippen molar-refractivity contribution in [1.82, 2.24) is 5.32 Å². The summed E-state index contributed by atoms with van der Waals surface area (Å²) in [7, 11) is 0. The van der Waals surface area contributed by atoms with Crippen molar-refractivity contribution in [3.8, 4) is 17.6 Å². The van der Waals surface area contributed by atoms with E-state index in [2.05, 4.69) is 17.4 Å². The molecule has 8 nitrogen and oxygen atoms in total. The molecule has 39 heavy (non-hydrogen) atoms. The lowest BCUT2D eigenvalue weighted by molar-refractivity contribution is -0.122. The predicted molar refractivity (Wildman–Crippen MR) is 144 cm³/mol. The first-order chi connectivity index (χ1) is 18.9. The highest BCUT2D eigenvalue weighted by molar-refractivity contribution is 6.39. The maximum atomic E-state index is 13.5. The van der Waals surface area contributed by atoms with E-state index in [1.807, 2.05) is 25.1 Å². The molecule has 2 aromatic carbocycles. The van der Waals surface area contributed by atoms with E-state index < -0.39 is 17.8 Å². The number of nitrogens with zero attached hydrogens (tertiary/aromatic N) is 2. The SMILES string of the molecule is CCOc1cc(/C=C2\C(=O)NC(=O)N(c3ccc(C45CC6CC(CC(C6)C4)C5)cc3)C2=O)ccc1OCC#N. The van der Waals surface area contributed by atoms with Gasteiger partial charge in [-0.05, 0) is 110 Å². The molecule has 4 aliphatic carbocycles. The molecule has 2 aromatic rings. The number of urea groups is 1. The van der Waals surface area contributed by atoms with Crippen LogP contribution in [0.15, 0.2) is 48.0 Å². The summed E-state index contributed by atoms with van der Waals surface area (Å²) in [6, 6.07) is 13.8. The number of benzene rings is 2. The fourth-order valence-electron chi connectivity index (χ4n) is 7.60. The number of nitrogens with one attached hydrogen (secondary N) is 1. The number of carbonyl (C=O) groups excluding carboxylic acids is 3. The number of hydrogen-bond donors (Lipinski definition) is 1. The highest BCUT2D eigenvalue weighted by atomic mass is 16.5. The summed E-state index contributed by atoms with van der Waals surface area (Å²) < 4.78 is 11.0. The van der Waals surface area contributed by atoms with Crippen molar-refractivity contribution in [2.45, 2.75) is 50.9 Å². The Morgan fingerprint density at radius 1 is 0.974 bits per heavy atom. The lowest BCUT2D eigenvalue weighted by Gasteiger charge is -2.57. The number of rotatable bonds is 7. The van der Waals surface area contributed by atoms with Crippen LogP contribution in [0, 0.1) is 29.1 Å². The number of hydrogen-bond acceptors (Lipinski definition) is 6. The van der Waals surface area contributed by atoms with E-state index in [0.29, 0.717) is 29.4 Å². The second-order valence-electron chi connectivity index (χ2n) is 11.3. The molecule has 0 atom stereocenters. The van der Waals surface area contributed by atoms with Gasteiger partial charge in [0.25, 0.3) is 11.8 Å². The number of anilines is 1. The molecule has 8 heteroatoms.